The first-order valence-corrected chi connectivity index (χ1v) is 10.3. The number of pyridine rings is 1. The molecule has 0 aliphatic carbocycles. The van der Waals surface area contributed by atoms with Crippen LogP contribution in [0.5, 0.6) is 5.88 Å². The van der Waals surface area contributed by atoms with Gasteiger partial charge in [-0.25, -0.2) is 9.67 Å². The number of aromatic amines is 1. The molecule has 0 amide bonds. The lowest BCUT2D eigenvalue weighted by Gasteiger charge is -2.07. The van der Waals surface area contributed by atoms with E-state index in [1.165, 1.54) is 15.2 Å². The largest absolute Gasteiger partial charge is 0.493 e. The van der Waals surface area contributed by atoms with Crippen molar-refractivity contribution >= 4 is 22.8 Å². The van der Waals surface area contributed by atoms with Crippen molar-refractivity contribution in [3.63, 3.8) is 0 Å². The van der Waals surface area contributed by atoms with Crippen molar-refractivity contribution in [2.45, 2.75) is 20.8 Å². The first-order valence-electron chi connectivity index (χ1n) is 10.3. The summed E-state index contributed by atoms with van der Waals surface area (Å²) in [6.45, 7) is 5.54. The second kappa shape index (κ2) is 7.21. The molecule has 3 heterocycles. The summed E-state index contributed by atoms with van der Waals surface area (Å²) in [6, 6.07) is 14.7. The van der Waals surface area contributed by atoms with Gasteiger partial charge in [0.05, 0.1) is 22.3 Å². The molecular formula is C25H19N5O3. The van der Waals surface area contributed by atoms with Gasteiger partial charge in [-0.3, -0.25) is 19.1 Å². The quantitative estimate of drug-likeness (QED) is 0.440. The van der Waals surface area contributed by atoms with Gasteiger partial charge in [0.15, 0.2) is 5.65 Å². The standard InChI is InChI=1S/C25H19N5O3/c1-13-8-9-16(10-14(13)2)30-25(33)18(23(31)28-30)11-17-15(3)19(12-26)22-27-20-6-4-5-7-21(20)29(22)24(17)32/h4-11,33H,1-3H3,(H,28,31). The number of nitrogens with zero attached hydrogens (tertiary/aromatic N) is 4. The summed E-state index contributed by atoms with van der Waals surface area (Å²) in [5, 5.41) is 23.4. The zero-order chi connectivity index (χ0) is 23.4. The number of fused-ring (bicyclic) bond motifs is 3. The number of nitrogens with one attached hydrogen (secondary N) is 1. The molecule has 0 saturated heterocycles. The third-order valence-electron chi connectivity index (χ3n) is 6.06. The SMILES string of the molecule is Cc1ccc(-n2[nH]c(=O)c(C=c3c(C)c(C#N)c4nc5ccccc5n4c3=O)c2O)cc1C. The Morgan fingerprint density at radius 3 is 2.58 bits per heavy atom. The summed E-state index contributed by atoms with van der Waals surface area (Å²) in [5.41, 5.74) is 3.66. The van der Waals surface area contributed by atoms with E-state index in [9.17, 15) is 20.0 Å². The van der Waals surface area contributed by atoms with Gasteiger partial charge in [-0.15, -0.1) is 0 Å². The number of aromatic nitrogens is 4. The number of hydrogen-bond acceptors (Lipinski definition) is 5. The number of H-pyrrole nitrogens is 1. The van der Waals surface area contributed by atoms with Crippen molar-refractivity contribution < 1.29 is 5.11 Å². The second-order valence-electron chi connectivity index (χ2n) is 8.02. The van der Waals surface area contributed by atoms with Crippen molar-refractivity contribution in [3.05, 3.63) is 96.2 Å². The monoisotopic (exact) mass is 437 g/mol. The summed E-state index contributed by atoms with van der Waals surface area (Å²) in [5.74, 6) is -0.323. The van der Waals surface area contributed by atoms with Crippen molar-refractivity contribution in [1.29, 1.82) is 5.26 Å². The Kier molecular flexibility index (Phi) is 4.43. The highest BCUT2D eigenvalue weighted by Gasteiger charge is 2.19. The molecule has 0 atom stereocenters. The fraction of sp³-hybridized carbons (Fsp3) is 0.120. The Bertz CT molecular complexity index is 1820. The van der Waals surface area contributed by atoms with Gasteiger partial charge in [-0.05, 0) is 67.8 Å². The van der Waals surface area contributed by atoms with Gasteiger partial charge < -0.3 is 5.11 Å². The molecule has 2 aromatic carbocycles. The molecule has 0 spiro atoms. The molecule has 0 aliphatic heterocycles. The summed E-state index contributed by atoms with van der Waals surface area (Å²) < 4.78 is 2.65. The number of rotatable bonds is 2. The summed E-state index contributed by atoms with van der Waals surface area (Å²) in [4.78, 5) is 30.7. The lowest BCUT2D eigenvalue weighted by Crippen LogP contribution is -2.34. The van der Waals surface area contributed by atoms with E-state index in [4.69, 9.17) is 0 Å². The van der Waals surface area contributed by atoms with Crippen LogP contribution in [0.15, 0.2) is 52.1 Å². The van der Waals surface area contributed by atoms with Crippen LogP contribution >= 0.6 is 0 Å². The van der Waals surface area contributed by atoms with Gasteiger partial charge in [0.1, 0.15) is 11.6 Å². The van der Waals surface area contributed by atoms with E-state index in [2.05, 4.69) is 16.2 Å². The van der Waals surface area contributed by atoms with E-state index < -0.39 is 11.1 Å². The lowest BCUT2D eigenvalue weighted by molar-refractivity contribution is 0.432. The van der Waals surface area contributed by atoms with Crippen LogP contribution in [0.1, 0.15) is 27.8 Å². The lowest BCUT2D eigenvalue weighted by atomic mass is 10.1. The van der Waals surface area contributed by atoms with Crippen LogP contribution in [0.3, 0.4) is 0 Å². The first kappa shape index (κ1) is 20.3. The molecule has 0 fully saturated rings. The number of nitriles is 1. The van der Waals surface area contributed by atoms with Crippen LogP contribution in [0.25, 0.3) is 28.4 Å². The maximum absolute atomic E-state index is 13.5. The van der Waals surface area contributed by atoms with Crippen molar-refractivity contribution in [3.8, 4) is 17.6 Å². The molecule has 5 aromatic rings. The zero-order valence-corrected chi connectivity index (χ0v) is 18.2. The fourth-order valence-electron chi connectivity index (χ4n) is 4.05. The molecule has 0 bridgehead atoms. The predicted octanol–water partition coefficient (Wildman–Crippen LogP) is 2.38. The van der Waals surface area contributed by atoms with E-state index in [0.717, 1.165) is 11.1 Å². The molecule has 0 saturated carbocycles. The van der Waals surface area contributed by atoms with E-state index in [1.807, 2.05) is 26.0 Å². The van der Waals surface area contributed by atoms with E-state index in [0.29, 0.717) is 22.3 Å². The van der Waals surface area contributed by atoms with E-state index >= 15 is 0 Å². The maximum Gasteiger partial charge on any atom is 0.275 e. The van der Waals surface area contributed by atoms with Crippen molar-refractivity contribution in [2.24, 2.45) is 0 Å². The minimum Gasteiger partial charge on any atom is -0.493 e. The number of para-hydroxylation sites is 2. The van der Waals surface area contributed by atoms with Crippen molar-refractivity contribution in [1.82, 2.24) is 19.2 Å². The highest BCUT2D eigenvalue weighted by Crippen LogP contribution is 2.22. The third-order valence-corrected chi connectivity index (χ3v) is 6.06. The summed E-state index contributed by atoms with van der Waals surface area (Å²) in [6.07, 6.45) is 1.33. The zero-order valence-electron chi connectivity index (χ0n) is 18.2. The van der Waals surface area contributed by atoms with E-state index in [-0.39, 0.29) is 27.9 Å². The molecule has 3 aromatic heterocycles. The molecule has 0 aliphatic rings. The number of hydrogen-bond donors (Lipinski definition) is 2. The Hall–Kier alpha value is -4.64. The Labute approximate surface area is 187 Å². The number of benzene rings is 2. The minimum absolute atomic E-state index is 0.0684. The topological polar surface area (TPSA) is 116 Å². The van der Waals surface area contributed by atoms with Gasteiger partial charge >= 0.3 is 0 Å². The number of imidazole rings is 1. The van der Waals surface area contributed by atoms with Crippen LogP contribution in [-0.4, -0.2) is 24.3 Å². The van der Waals surface area contributed by atoms with Crippen LogP contribution in [0.4, 0.5) is 0 Å². The molecule has 5 rings (SSSR count). The van der Waals surface area contributed by atoms with Crippen LogP contribution < -0.4 is 16.3 Å². The van der Waals surface area contributed by atoms with Gasteiger partial charge in [-0.1, -0.05) is 18.2 Å². The second-order valence-corrected chi connectivity index (χ2v) is 8.02. The molecule has 2 N–H and O–H groups in total. The molecule has 8 heteroatoms. The minimum atomic E-state index is -0.557. The Balaban J connectivity index is 1.84. The summed E-state index contributed by atoms with van der Waals surface area (Å²) >= 11 is 0. The normalized spacial score (nSPS) is 12.0. The highest BCUT2D eigenvalue weighted by molar-refractivity contribution is 5.82. The maximum atomic E-state index is 13.5. The molecule has 33 heavy (non-hydrogen) atoms. The predicted molar refractivity (Wildman–Crippen MR) is 125 cm³/mol. The average molecular weight is 437 g/mol. The van der Waals surface area contributed by atoms with Gasteiger partial charge in [0.2, 0.25) is 5.88 Å². The first-order chi connectivity index (χ1) is 15.8. The number of aromatic hydroxyl groups is 1. The third kappa shape index (κ3) is 2.94. The van der Waals surface area contributed by atoms with Crippen molar-refractivity contribution in [2.75, 3.05) is 0 Å². The van der Waals surface area contributed by atoms with Crippen LogP contribution in [-0.2, 0) is 0 Å². The Morgan fingerprint density at radius 2 is 1.85 bits per heavy atom. The average Bonchev–Trinajstić information content (AvgIpc) is 3.31. The van der Waals surface area contributed by atoms with Gasteiger partial charge in [0, 0.05) is 5.22 Å². The fourth-order valence-corrected chi connectivity index (χ4v) is 4.05. The molecule has 8 nitrogen and oxygen atoms in total. The van der Waals surface area contributed by atoms with Gasteiger partial charge in [-0.2, -0.15) is 5.26 Å². The Morgan fingerprint density at radius 1 is 1.09 bits per heavy atom. The van der Waals surface area contributed by atoms with E-state index in [1.54, 1.807) is 37.3 Å². The van der Waals surface area contributed by atoms with Gasteiger partial charge in [0.25, 0.3) is 11.1 Å². The van der Waals surface area contributed by atoms with Crippen LogP contribution in [0.2, 0.25) is 0 Å². The summed E-state index contributed by atoms with van der Waals surface area (Å²) in [7, 11) is 0. The molecular weight excluding hydrogens is 418 g/mol. The number of aryl methyl sites for hydroxylation is 2. The molecule has 0 radical (unpaired) electrons. The highest BCUT2D eigenvalue weighted by atomic mass is 16.3. The smallest absolute Gasteiger partial charge is 0.275 e. The molecule has 162 valence electrons. The van der Waals surface area contributed by atoms with Crippen LogP contribution in [0, 0.1) is 32.1 Å². The molecule has 0 unspecified atom stereocenters.